The maximum absolute atomic E-state index is 11.3. The van der Waals surface area contributed by atoms with E-state index in [0.29, 0.717) is 17.9 Å². The van der Waals surface area contributed by atoms with Gasteiger partial charge in [0.25, 0.3) is 5.91 Å². The van der Waals surface area contributed by atoms with Gasteiger partial charge in [-0.3, -0.25) is 4.79 Å². The van der Waals surface area contributed by atoms with Crippen molar-refractivity contribution in [2.75, 3.05) is 17.7 Å². The third-order valence-corrected chi connectivity index (χ3v) is 2.93. The first-order valence-electron chi connectivity index (χ1n) is 6.79. The standard InChI is InChI=1S/C16H19N3O2/c1-2-9-21-13-6-3-11(4-7-13)19-12-5-8-15(17)14(10-12)16(18)20/h3-8,10,19H,2,9,17H2,1H3,(H2,18,20). The third-order valence-electron chi connectivity index (χ3n) is 2.93. The number of primary amides is 1. The Kier molecular flexibility index (Phi) is 4.66. The molecule has 0 heterocycles. The molecule has 0 spiro atoms. The Bertz CT molecular complexity index is 624. The zero-order valence-corrected chi connectivity index (χ0v) is 11.9. The summed E-state index contributed by atoms with van der Waals surface area (Å²) >= 11 is 0. The molecule has 2 aromatic carbocycles. The van der Waals surface area contributed by atoms with E-state index in [9.17, 15) is 4.79 Å². The molecule has 0 saturated heterocycles. The first kappa shape index (κ1) is 14.7. The number of amides is 1. The van der Waals surface area contributed by atoms with E-state index in [1.54, 1.807) is 18.2 Å². The van der Waals surface area contributed by atoms with Gasteiger partial charge in [0.2, 0.25) is 0 Å². The summed E-state index contributed by atoms with van der Waals surface area (Å²) in [4.78, 5) is 11.3. The summed E-state index contributed by atoms with van der Waals surface area (Å²) in [6, 6.07) is 12.7. The zero-order chi connectivity index (χ0) is 15.2. The molecule has 5 heteroatoms. The highest BCUT2D eigenvalue weighted by molar-refractivity contribution is 5.99. The van der Waals surface area contributed by atoms with Gasteiger partial charge in [-0.1, -0.05) is 6.92 Å². The van der Waals surface area contributed by atoms with E-state index in [0.717, 1.165) is 23.5 Å². The van der Waals surface area contributed by atoms with Crippen molar-refractivity contribution in [1.82, 2.24) is 0 Å². The molecule has 0 saturated carbocycles. The van der Waals surface area contributed by atoms with Crippen LogP contribution < -0.4 is 21.5 Å². The van der Waals surface area contributed by atoms with Crippen molar-refractivity contribution < 1.29 is 9.53 Å². The Balaban J connectivity index is 2.11. The van der Waals surface area contributed by atoms with Crippen LogP contribution in [0, 0.1) is 0 Å². The van der Waals surface area contributed by atoms with Gasteiger partial charge in [0.1, 0.15) is 5.75 Å². The predicted molar refractivity (Wildman–Crippen MR) is 84.9 cm³/mol. The van der Waals surface area contributed by atoms with Crippen molar-refractivity contribution in [2.24, 2.45) is 5.73 Å². The Morgan fingerprint density at radius 3 is 2.43 bits per heavy atom. The van der Waals surface area contributed by atoms with Crippen molar-refractivity contribution in [3.05, 3.63) is 48.0 Å². The molecule has 0 atom stereocenters. The Morgan fingerprint density at radius 2 is 1.81 bits per heavy atom. The van der Waals surface area contributed by atoms with Gasteiger partial charge >= 0.3 is 0 Å². The van der Waals surface area contributed by atoms with Gasteiger partial charge in [-0.15, -0.1) is 0 Å². The molecular weight excluding hydrogens is 266 g/mol. The summed E-state index contributed by atoms with van der Waals surface area (Å²) in [6.45, 7) is 2.76. The number of rotatable bonds is 6. The average Bonchev–Trinajstić information content (AvgIpc) is 2.48. The van der Waals surface area contributed by atoms with Crippen molar-refractivity contribution in [3.63, 3.8) is 0 Å². The van der Waals surface area contributed by atoms with Crippen LogP contribution in [0.1, 0.15) is 23.7 Å². The van der Waals surface area contributed by atoms with Gasteiger partial charge in [0.05, 0.1) is 12.2 Å². The van der Waals surface area contributed by atoms with Gasteiger partial charge in [-0.2, -0.15) is 0 Å². The number of ether oxygens (including phenoxy) is 1. The lowest BCUT2D eigenvalue weighted by Crippen LogP contribution is -2.13. The molecule has 21 heavy (non-hydrogen) atoms. The molecule has 5 nitrogen and oxygen atoms in total. The van der Waals surface area contributed by atoms with Crippen LogP contribution in [0.3, 0.4) is 0 Å². The van der Waals surface area contributed by atoms with E-state index in [2.05, 4.69) is 12.2 Å². The maximum Gasteiger partial charge on any atom is 0.250 e. The number of nitrogens with two attached hydrogens (primary N) is 2. The first-order valence-corrected chi connectivity index (χ1v) is 6.79. The molecule has 2 aromatic rings. The fraction of sp³-hybridized carbons (Fsp3) is 0.188. The van der Waals surface area contributed by atoms with E-state index in [4.69, 9.17) is 16.2 Å². The second kappa shape index (κ2) is 6.65. The number of benzene rings is 2. The van der Waals surface area contributed by atoms with E-state index >= 15 is 0 Å². The summed E-state index contributed by atoms with van der Waals surface area (Å²) in [5.41, 5.74) is 13.3. The van der Waals surface area contributed by atoms with Crippen LogP contribution in [0.25, 0.3) is 0 Å². The number of nitrogens with one attached hydrogen (secondary N) is 1. The minimum atomic E-state index is -0.542. The summed E-state index contributed by atoms with van der Waals surface area (Å²) in [5, 5.41) is 3.19. The largest absolute Gasteiger partial charge is 0.494 e. The summed E-state index contributed by atoms with van der Waals surface area (Å²) < 4.78 is 5.52. The number of anilines is 3. The average molecular weight is 285 g/mol. The van der Waals surface area contributed by atoms with E-state index < -0.39 is 5.91 Å². The van der Waals surface area contributed by atoms with Crippen LogP contribution in [0.2, 0.25) is 0 Å². The topological polar surface area (TPSA) is 90.4 Å². The molecule has 0 fully saturated rings. The molecule has 1 amide bonds. The first-order chi connectivity index (χ1) is 10.1. The quantitative estimate of drug-likeness (QED) is 0.712. The fourth-order valence-electron chi connectivity index (χ4n) is 1.87. The van der Waals surface area contributed by atoms with Crippen molar-refractivity contribution in [1.29, 1.82) is 0 Å². The molecule has 5 N–H and O–H groups in total. The van der Waals surface area contributed by atoms with Gasteiger partial charge in [0.15, 0.2) is 0 Å². The molecule has 0 aliphatic heterocycles. The predicted octanol–water partition coefficient (Wildman–Crippen LogP) is 2.90. The second-order valence-electron chi connectivity index (χ2n) is 4.66. The lowest BCUT2D eigenvalue weighted by atomic mass is 10.1. The molecule has 2 rings (SSSR count). The lowest BCUT2D eigenvalue weighted by molar-refractivity contribution is 0.100. The highest BCUT2D eigenvalue weighted by atomic mass is 16.5. The Labute approximate surface area is 123 Å². The summed E-state index contributed by atoms with van der Waals surface area (Å²) in [5.74, 6) is 0.289. The fourth-order valence-corrected chi connectivity index (χ4v) is 1.87. The molecule has 0 bridgehead atoms. The maximum atomic E-state index is 11.3. The number of carbonyl (C=O) groups excluding carboxylic acids is 1. The summed E-state index contributed by atoms with van der Waals surface area (Å²) in [7, 11) is 0. The van der Waals surface area contributed by atoms with Crippen LogP contribution in [0.5, 0.6) is 5.75 Å². The highest BCUT2D eigenvalue weighted by Crippen LogP contribution is 2.23. The highest BCUT2D eigenvalue weighted by Gasteiger charge is 2.06. The van der Waals surface area contributed by atoms with Crippen molar-refractivity contribution in [3.8, 4) is 5.75 Å². The number of hydrogen-bond acceptors (Lipinski definition) is 4. The van der Waals surface area contributed by atoms with Crippen molar-refractivity contribution in [2.45, 2.75) is 13.3 Å². The number of carbonyl (C=O) groups is 1. The van der Waals surface area contributed by atoms with Gasteiger partial charge in [0, 0.05) is 17.1 Å². The SMILES string of the molecule is CCCOc1ccc(Nc2ccc(N)c(C(N)=O)c2)cc1. The van der Waals surface area contributed by atoms with E-state index in [-0.39, 0.29) is 0 Å². The van der Waals surface area contributed by atoms with Crippen LogP contribution in [0.4, 0.5) is 17.1 Å². The van der Waals surface area contributed by atoms with Crippen LogP contribution >= 0.6 is 0 Å². The van der Waals surface area contributed by atoms with Crippen molar-refractivity contribution >= 4 is 23.0 Å². The van der Waals surface area contributed by atoms with Crippen LogP contribution in [-0.4, -0.2) is 12.5 Å². The van der Waals surface area contributed by atoms with E-state index in [1.165, 1.54) is 0 Å². The number of nitrogen functional groups attached to an aromatic ring is 1. The Hall–Kier alpha value is -2.69. The second-order valence-corrected chi connectivity index (χ2v) is 4.66. The lowest BCUT2D eigenvalue weighted by Gasteiger charge is -2.10. The minimum absolute atomic E-state index is 0.308. The monoisotopic (exact) mass is 285 g/mol. The molecular formula is C16H19N3O2. The van der Waals surface area contributed by atoms with Gasteiger partial charge in [-0.05, 0) is 48.9 Å². The van der Waals surface area contributed by atoms with Gasteiger partial charge in [-0.25, -0.2) is 0 Å². The molecule has 0 radical (unpaired) electrons. The molecule has 0 aliphatic rings. The molecule has 0 unspecified atom stereocenters. The van der Waals surface area contributed by atoms with Gasteiger partial charge < -0.3 is 21.5 Å². The minimum Gasteiger partial charge on any atom is -0.494 e. The normalized spacial score (nSPS) is 10.1. The molecule has 0 aliphatic carbocycles. The van der Waals surface area contributed by atoms with Crippen LogP contribution in [-0.2, 0) is 0 Å². The van der Waals surface area contributed by atoms with Crippen LogP contribution in [0.15, 0.2) is 42.5 Å². The molecule has 0 aromatic heterocycles. The smallest absolute Gasteiger partial charge is 0.250 e. The Morgan fingerprint density at radius 1 is 1.14 bits per heavy atom. The zero-order valence-electron chi connectivity index (χ0n) is 11.9. The third kappa shape index (κ3) is 3.89. The summed E-state index contributed by atoms with van der Waals surface area (Å²) in [6.07, 6.45) is 0.974. The number of hydrogen-bond donors (Lipinski definition) is 3. The molecule has 110 valence electrons. The van der Waals surface area contributed by atoms with E-state index in [1.807, 2.05) is 24.3 Å².